The maximum absolute atomic E-state index is 11.6. The van der Waals surface area contributed by atoms with Crippen LogP contribution >= 0.6 is 11.8 Å². The standard InChI is InChI=1S/C16H18N2O2S/c1-4-20-14(19)12-10-17-15(18-11-12)16(2,3)21-13-8-6-5-7-9-13/h5-11H,4H2,1-3H3. The summed E-state index contributed by atoms with van der Waals surface area (Å²) < 4.78 is 4.64. The van der Waals surface area contributed by atoms with Crippen LogP contribution in [0.25, 0.3) is 0 Å². The van der Waals surface area contributed by atoms with Gasteiger partial charge in [-0.05, 0) is 32.9 Å². The molecule has 0 N–H and O–H groups in total. The Morgan fingerprint density at radius 2 is 1.81 bits per heavy atom. The van der Waals surface area contributed by atoms with Crippen molar-refractivity contribution in [3.63, 3.8) is 0 Å². The van der Waals surface area contributed by atoms with Crippen LogP contribution in [0.2, 0.25) is 0 Å². The van der Waals surface area contributed by atoms with Gasteiger partial charge >= 0.3 is 5.97 Å². The van der Waals surface area contributed by atoms with Crippen LogP contribution in [0.1, 0.15) is 37.0 Å². The molecule has 0 fully saturated rings. The molecule has 110 valence electrons. The quantitative estimate of drug-likeness (QED) is 0.623. The molecule has 0 saturated heterocycles. The van der Waals surface area contributed by atoms with E-state index in [2.05, 4.69) is 35.9 Å². The van der Waals surface area contributed by atoms with Crippen LogP contribution in [0.3, 0.4) is 0 Å². The molecule has 1 heterocycles. The highest BCUT2D eigenvalue weighted by molar-refractivity contribution is 8.00. The maximum atomic E-state index is 11.6. The van der Waals surface area contributed by atoms with E-state index in [9.17, 15) is 4.79 Å². The van der Waals surface area contributed by atoms with E-state index < -0.39 is 5.97 Å². The number of aromatic nitrogens is 2. The van der Waals surface area contributed by atoms with Crippen molar-refractivity contribution in [2.24, 2.45) is 0 Å². The molecule has 21 heavy (non-hydrogen) atoms. The first-order valence-corrected chi connectivity index (χ1v) is 7.58. The number of hydrogen-bond acceptors (Lipinski definition) is 5. The summed E-state index contributed by atoms with van der Waals surface area (Å²) in [5.74, 6) is 0.293. The van der Waals surface area contributed by atoms with Gasteiger partial charge in [0, 0.05) is 17.3 Å². The SMILES string of the molecule is CCOC(=O)c1cnc(C(C)(C)Sc2ccccc2)nc1. The monoisotopic (exact) mass is 302 g/mol. The predicted molar refractivity (Wildman–Crippen MR) is 83.3 cm³/mol. The molecular formula is C16H18N2O2S. The Labute approximate surface area is 129 Å². The normalized spacial score (nSPS) is 11.2. The summed E-state index contributed by atoms with van der Waals surface area (Å²) in [6.07, 6.45) is 3.04. The average molecular weight is 302 g/mol. The molecule has 0 radical (unpaired) electrons. The Bertz CT molecular complexity index is 597. The van der Waals surface area contributed by atoms with Gasteiger partial charge in [-0.1, -0.05) is 18.2 Å². The summed E-state index contributed by atoms with van der Waals surface area (Å²) in [5.41, 5.74) is 0.376. The summed E-state index contributed by atoms with van der Waals surface area (Å²) >= 11 is 1.68. The topological polar surface area (TPSA) is 52.1 Å². The van der Waals surface area contributed by atoms with Crippen molar-refractivity contribution in [2.75, 3.05) is 6.61 Å². The number of esters is 1. The molecule has 0 amide bonds. The van der Waals surface area contributed by atoms with Crippen molar-refractivity contribution >= 4 is 17.7 Å². The largest absolute Gasteiger partial charge is 0.462 e. The third kappa shape index (κ3) is 4.04. The molecule has 2 rings (SSSR count). The van der Waals surface area contributed by atoms with Crippen LogP contribution in [0, 0.1) is 0 Å². The molecule has 0 aliphatic rings. The molecule has 5 heteroatoms. The number of benzene rings is 1. The van der Waals surface area contributed by atoms with E-state index >= 15 is 0 Å². The molecule has 1 aromatic heterocycles. The van der Waals surface area contributed by atoms with E-state index in [1.54, 1.807) is 18.7 Å². The van der Waals surface area contributed by atoms with Gasteiger partial charge in [0.2, 0.25) is 0 Å². The molecule has 0 aliphatic carbocycles. The smallest absolute Gasteiger partial charge is 0.341 e. The fraction of sp³-hybridized carbons (Fsp3) is 0.312. The summed E-state index contributed by atoms with van der Waals surface area (Å²) in [4.78, 5) is 21.4. The van der Waals surface area contributed by atoms with Gasteiger partial charge in [0.05, 0.1) is 16.9 Å². The molecule has 0 aliphatic heterocycles. The Morgan fingerprint density at radius 3 is 2.38 bits per heavy atom. The summed E-state index contributed by atoms with van der Waals surface area (Å²) in [6.45, 7) is 6.23. The summed E-state index contributed by atoms with van der Waals surface area (Å²) in [5, 5.41) is 0. The van der Waals surface area contributed by atoms with Gasteiger partial charge in [-0.2, -0.15) is 0 Å². The Hall–Kier alpha value is -1.88. The van der Waals surface area contributed by atoms with Crippen molar-refractivity contribution in [2.45, 2.75) is 30.4 Å². The molecular weight excluding hydrogens is 284 g/mol. The third-order valence-electron chi connectivity index (χ3n) is 2.82. The van der Waals surface area contributed by atoms with E-state index in [0.29, 0.717) is 18.0 Å². The van der Waals surface area contributed by atoms with Gasteiger partial charge in [0.1, 0.15) is 5.82 Å². The second-order valence-electron chi connectivity index (χ2n) is 4.94. The fourth-order valence-corrected chi connectivity index (χ4v) is 2.87. The lowest BCUT2D eigenvalue weighted by Crippen LogP contribution is -2.17. The Balaban J connectivity index is 2.15. The van der Waals surface area contributed by atoms with Gasteiger partial charge in [-0.25, -0.2) is 14.8 Å². The minimum absolute atomic E-state index is 0.283. The van der Waals surface area contributed by atoms with Gasteiger partial charge in [-0.3, -0.25) is 0 Å². The van der Waals surface area contributed by atoms with Crippen LogP contribution in [-0.2, 0) is 9.48 Å². The Morgan fingerprint density at radius 1 is 1.19 bits per heavy atom. The zero-order valence-electron chi connectivity index (χ0n) is 12.4. The maximum Gasteiger partial charge on any atom is 0.341 e. The molecule has 2 aromatic rings. The summed E-state index contributed by atoms with van der Waals surface area (Å²) in [6, 6.07) is 10.1. The lowest BCUT2D eigenvalue weighted by atomic mass is 10.2. The second-order valence-corrected chi connectivity index (χ2v) is 6.64. The van der Waals surface area contributed by atoms with Gasteiger partial charge in [-0.15, -0.1) is 11.8 Å². The average Bonchev–Trinajstić information content (AvgIpc) is 2.48. The van der Waals surface area contributed by atoms with Crippen molar-refractivity contribution in [3.05, 3.63) is 54.1 Å². The van der Waals surface area contributed by atoms with Crippen LogP contribution in [0.15, 0.2) is 47.6 Å². The Kier molecular flexibility index (Phi) is 4.96. The van der Waals surface area contributed by atoms with E-state index in [4.69, 9.17) is 4.74 Å². The molecule has 0 unspecified atom stereocenters. The second kappa shape index (κ2) is 6.72. The lowest BCUT2D eigenvalue weighted by molar-refractivity contribution is 0.0525. The number of carbonyl (C=O) groups excluding carboxylic acids is 1. The molecule has 0 bridgehead atoms. The third-order valence-corrected chi connectivity index (χ3v) is 4.02. The van der Waals surface area contributed by atoms with Crippen molar-refractivity contribution in [3.8, 4) is 0 Å². The first-order valence-electron chi connectivity index (χ1n) is 6.76. The zero-order valence-corrected chi connectivity index (χ0v) is 13.2. The van der Waals surface area contributed by atoms with Gasteiger partial charge < -0.3 is 4.74 Å². The lowest BCUT2D eigenvalue weighted by Gasteiger charge is -2.22. The number of hydrogen-bond donors (Lipinski definition) is 0. The van der Waals surface area contributed by atoms with Crippen LogP contribution in [0.5, 0.6) is 0 Å². The number of ether oxygens (including phenoxy) is 1. The number of rotatable bonds is 5. The molecule has 1 aromatic carbocycles. The summed E-state index contributed by atoms with van der Waals surface area (Å²) in [7, 11) is 0. The minimum Gasteiger partial charge on any atom is -0.462 e. The van der Waals surface area contributed by atoms with Gasteiger partial charge in [0.15, 0.2) is 0 Å². The zero-order chi connectivity index (χ0) is 15.3. The molecule has 0 saturated carbocycles. The van der Waals surface area contributed by atoms with E-state index in [-0.39, 0.29) is 4.75 Å². The minimum atomic E-state index is -0.391. The fourth-order valence-electron chi connectivity index (χ4n) is 1.79. The number of thioether (sulfide) groups is 1. The van der Waals surface area contributed by atoms with Crippen LogP contribution < -0.4 is 0 Å². The number of nitrogens with zero attached hydrogens (tertiary/aromatic N) is 2. The highest BCUT2D eigenvalue weighted by Crippen LogP contribution is 2.38. The van der Waals surface area contributed by atoms with Crippen molar-refractivity contribution < 1.29 is 9.53 Å². The highest BCUT2D eigenvalue weighted by atomic mass is 32.2. The molecule has 0 spiro atoms. The van der Waals surface area contributed by atoms with Crippen LogP contribution in [-0.4, -0.2) is 22.5 Å². The van der Waals surface area contributed by atoms with E-state index in [0.717, 1.165) is 4.90 Å². The molecule has 0 atom stereocenters. The first-order chi connectivity index (χ1) is 10.0. The van der Waals surface area contributed by atoms with E-state index in [1.807, 2.05) is 18.2 Å². The van der Waals surface area contributed by atoms with Crippen LogP contribution in [0.4, 0.5) is 0 Å². The first kappa shape index (κ1) is 15.5. The molecule has 4 nitrogen and oxygen atoms in total. The van der Waals surface area contributed by atoms with Crippen molar-refractivity contribution in [1.29, 1.82) is 0 Å². The predicted octanol–water partition coefficient (Wildman–Crippen LogP) is 3.68. The highest BCUT2D eigenvalue weighted by Gasteiger charge is 2.25. The van der Waals surface area contributed by atoms with Crippen molar-refractivity contribution in [1.82, 2.24) is 9.97 Å². The van der Waals surface area contributed by atoms with E-state index in [1.165, 1.54) is 12.4 Å². The van der Waals surface area contributed by atoms with Gasteiger partial charge in [0.25, 0.3) is 0 Å². The number of carbonyl (C=O) groups is 1.